The standard InChI is InChI=1S/C14H11BrOS/c15-8-10-5-6-12-11(7-10)9-16-17-14-4-2-1-3-13(12)14/h1-7H,8-9H2. The summed E-state index contributed by atoms with van der Waals surface area (Å²) < 4.78 is 5.65. The molecule has 0 amide bonds. The van der Waals surface area contributed by atoms with Crippen molar-refractivity contribution in [3.05, 3.63) is 53.6 Å². The monoisotopic (exact) mass is 306 g/mol. The first kappa shape index (κ1) is 11.3. The molecule has 3 rings (SSSR count). The summed E-state index contributed by atoms with van der Waals surface area (Å²) in [5, 5.41) is 0.884. The molecule has 1 heterocycles. The van der Waals surface area contributed by atoms with Gasteiger partial charge in [-0.3, -0.25) is 0 Å². The van der Waals surface area contributed by atoms with Gasteiger partial charge in [0.1, 0.15) is 0 Å². The van der Waals surface area contributed by atoms with Crippen molar-refractivity contribution in [3.63, 3.8) is 0 Å². The van der Waals surface area contributed by atoms with Gasteiger partial charge in [-0.25, -0.2) is 0 Å². The molecule has 1 aliphatic heterocycles. The molecular formula is C14H11BrOS. The molecule has 0 atom stereocenters. The Kier molecular flexibility index (Phi) is 3.23. The minimum Gasteiger partial charge on any atom is -0.305 e. The molecule has 0 radical (unpaired) electrons. The fraction of sp³-hybridized carbons (Fsp3) is 0.143. The SMILES string of the molecule is BrCc1ccc2c(c1)COSc1ccccc1-2. The molecule has 0 bridgehead atoms. The third-order valence-electron chi connectivity index (χ3n) is 2.86. The zero-order valence-corrected chi connectivity index (χ0v) is 11.6. The van der Waals surface area contributed by atoms with Crippen LogP contribution in [0.1, 0.15) is 11.1 Å². The predicted octanol–water partition coefficient (Wildman–Crippen LogP) is 4.79. The Morgan fingerprint density at radius 3 is 2.88 bits per heavy atom. The highest BCUT2D eigenvalue weighted by Crippen LogP contribution is 2.38. The van der Waals surface area contributed by atoms with Crippen LogP contribution in [0.15, 0.2) is 47.4 Å². The maximum absolute atomic E-state index is 5.65. The van der Waals surface area contributed by atoms with Gasteiger partial charge in [0, 0.05) is 22.3 Å². The number of benzene rings is 2. The number of fused-ring (bicyclic) bond motifs is 3. The van der Waals surface area contributed by atoms with E-state index in [1.807, 2.05) is 6.07 Å². The molecule has 0 unspecified atom stereocenters. The summed E-state index contributed by atoms with van der Waals surface area (Å²) in [6, 6.07) is 15.0. The highest BCUT2D eigenvalue weighted by atomic mass is 79.9. The molecule has 0 fully saturated rings. The van der Waals surface area contributed by atoms with Gasteiger partial charge in [-0.15, -0.1) is 0 Å². The maximum Gasteiger partial charge on any atom is 0.0875 e. The molecule has 3 heteroatoms. The van der Waals surface area contributed by atoms with E-state index < -0.39 is 0 Å². The Morgan fingerprint density at radius 2 is 2.00 bits per heavy atom. The third kappa shape index (κ3) is 2.15. The van der Waals surface area contributed by atoms with E-state index in [9.17, 15) is 0 Å². The summed E-state index contributed by atoms with van der Waals surface area (Å²) in [6.07, 6.45) is 0. The fourth-order valence-corrected chi connectivity index (χ4v) is 3.09. The number of rotatable bonds is 1. The van der Waals surface area contributed by atoms with Crippen molar-refractivity contribution in [1.29, 1.82) is 0 Å². The second kappa shape index (κ2) is 4.84. The molecule has 1 nitrogen and oxygen atoms in total. The molecule has 0 saturated carbocycles. The van der Waals surface area contributed by atoms with Crippen LogP contribution in [0.4, 0.5) is 0 Å². The average Bonchev–Trinajstić information content (AvgIpc) is 2.57. The molecule has 0 spiro atoms. The average molecular weight is 307 g/mol. The third-order valence-corrected chi connectivity index (χ3v) is 4.28. The van der Waals surface area contributed by atoms with Crippen LogP contribution in [-0.4, -0.2) is 0 Å². The summed E-state index contributed by atoms with van der Waals surface area (Å²) in [4.78, 5) is 1.19. The lowest BCUT2D eigenvalue weighted by atomic mass is 9.98. The van der Waals surface area contributed by atoms with Gasteiger partial charge in [0.25, 0.3) is 0 Å². The van der Waals surface area contributed by atoms with Gasteiger partial charge >= 0.3 is 0 Å². The minimum atomic E-state index is 0.662. The molecule has 0 N–H and O–H groups in total. The van der Waals surface area contributed by atoms with Gasteiger partial charge in [0.15, 0.2) is 0 Å². The summed E-state index contributed by atoms with van der Waals surface area (Å²) in [5.41, 5.74) is 5.11. The van der Waals surface area contributed by atoms with Crippen LogP contribution < -0.4 is 0 Å². The second-order valence-electron chi connectivity index (χ2n) is 3.97. The van der Waals surface area contributed by atoms with Crippen molar-refractivity contribution in [1.82, 2.24) is 0 Å². The molecular weight excluding hydrogens is 296 g/mol. The zero-order valence-electron chi connectivity index (χ0n) is 9.15. The van der Waals surface area contributed by atoms with Crippen molar-refractivity contribution < 1.29 is 4.18 Å². The van der Waals surface area contributed by atoms with Crippen LogP contribution in [-0.2, 0) is 16.1 Å². The molecule has 2 aromatic rings. The second-order valence-corrected chi connectivity index (χ2v) is 5.37. The highest BCUT2D eigenvalue weighted by Gasteiger charge is 2.15. The van der Waals surface area contributed by atoms with Gasteiger partial charge < -0.3 is 4.18 Å². The molecule has 1 aliphatic rings. The van der Waals surface area contributed by atoms with E-state index in [1.54, 1.807) is 0 Å². The van der Waals surface area contributed by atoms with E-state index in [0.29, 0.717) is 6.61 Å². The Labute approximate surface area is 114 Å². The smallest absolute Gasteiger partial charge is 0.0875 e. The van der Waals surface area contributed by atoms with Gasteiger partial charge in [-0.2, -0.15) is 0 Å². The largest absolute Gasteiger partial charge is 0.305 e. The van der Waals surface area contributed by atoms with Crippen LogP contribution in [0.2, 0.25) is 0 Å². The van der Waals surface area contributed by atoms with Gasteiger partial charge in [-0.05, 0) is 28.3 Å². The number of alkyl halides is 1. The molecule has 0 saturated heterocycles. The van der Waals surface area contributed by atoms with Crippen molar-refractivity contribution in [3.8, 4) is 11.1 Å². The number of hydrogen-bond acceptors (Lipinski definition) is 2. The first-order valence-electron chi connectivity index (χ1n) is 5.45. The Hall–Kier alpha value is -0.770. The van der Waals surface area contributed by atoms with Crippen LogP contribution in [0.3, 0.4) is 0 Å². The summed E-state index contributed by atoms with van der Waals surface area (Å²) in [6.45, 7) is 0.662. The molecule has 0 aliphatic carbocycles. The van der Waals surface area contributed by atoms with Crippen LogP contribution >= 0.6 is 28.0 Å². The zero-order chi connectivity index (χ0) is 11.7. The summed E-state index contributed by atoms with van der Waals surface area (Å²) in [5.74, 6) is 0. The molecule has 2 aromatic carbocycles. The Morgan fingerprint density at radius 1 is 1.12 bits per heavy atom. The van der Waals surface area contributed by atoms with E-state index in [-0.39, 0.29) is 0 Å². The van der Waals surface area contributed by atoms with Crippen LogP contribution in [0, 0.1) is 0 Å². The van der Waals surface area contributed by atoms with Gasteiger partial charge in [-0.1, -0.05) is 52.3 Å². The maximum atomic E-state index is 5.65. The van der Waals surface area contributed by atoms with Crippen molar-refractivity contribution in [2.45, 2.75) is 16.8 Å². The first-order valence-corrected chi connectivity index (χ1v) is 7.31. The van der Waals surface area contributed by atoms with Crippen molar-refractivity contribution in [2.75, 3.05) is 0 Å². The first-order chi connectivity index (χ1) is 8.38. The molecule has 0 aromatic heterocycles. The number of hydrogen-bond donors (Lipinski definition) is 0. The minimum absolute atomic E-state index is 0.662. The lowest BCUT2D eigenvalue weighted by Crippen LogP contribution is -1.90. The van der Waals surface area contributed by atoms with E-state index >= 15 is 0 Å². The summed E-state index contributed by atoms with van der Waals surface area (Å²) >= 11 is 4.96. The Bertz CT molecular complexity index is 554. The van der Waals surface area contributed by atoms with E-state index in [0.717, 1.165) is 5.33 Å². The van der Waals surface area contributed by atoms with Crippen molar-refractivity contribution >= 4 is 28.0 Å². The van der Waals surface area contributed by atoms with Crippen LogP contribution in [0.25, 0.3) is 11.1 Å². The van der Waals surface area contributed by atoms with E-state index in [1.165, 1.54) is 39.2 Å². The van der Waals surface area contributed by atoms with Crippen molar-refractivity contribution in [2.24, 2.45) is 0 Å². The number of halogens is 1. The molecule has 86 valence electrons. The van der Waals surface area contributed by atoms with Crippen LogP contribution in [0.5, 0.6) is 0 Å². The lowest BCUT2D eigenvalue weighted by molar-refractivity contribution is 0.366. The molecule has 17 heavy (non-hydrogen) atoms. The fourth-order valence-electron chi connectivity index (χ4n) is 2.03. The normalized spacial score (nSPS) is 13.7. The highest BCUT2D eigenvalue weighted by molar-refractivity contribution is 9.08. The van der Waals surface area contributed by atoms with E-state index in [4.69, 9.17) is 4.18 Å². The quantitative estimate of drug-likeness (QED) is 0.553. The topological polar surface area (TPSA) is 9.23 Å². The van der Waals surface area contributed by atoms with Gasteiger partial charge in [0.2, 0.25) is 0 Å². The van der Waals surface area contributed by atoms with E-state index in [2.05, 4.69) is 52.3 Å². The summed E-state index contributed by atoms with van der Waals surface area (Å²) in [7, 11) is 0. The predicted molar refractivity (Wildman–Crippen MR) is 75.2 cm³/mol. The Balaban J connectivity index is 2.19. The lowest BCUT2D eigenvalue weighted by Gasteiger charge is -2.08. The van der Waals surface area contributed by atoms with Gasteiger partial charge in [0.05, 0.1) is 6.61 Å².